The van der Waals surface area contributed by atoms with Crippen LogP contribution >= 0.6 is 11.6 Å². The Morgan fingerprint density at radius 2 is 2.29 bits per heavy atom. The number of halogens is 1. The van der Waals surface area contributed by atoms with Gasteiger partial charge in [-0.15, -0.1) is 0 Å². The van der Waals surface area contributed by atoms with Crippen molar-refractivity contribution in [1.82, 2.24) is 10.2 Å². The van der Waals surface area contributed by atoms with Gasteiger partial charge >= 0.3 is 0 Å². The standard InChI is InChI=1S/C14H20ClN3O3/c1-2-21-11-7-10(19)14(11)3-5-18(6-4-14)9-8-16-17-13(20)12(9)15/h8,10-11,19H,2-7H2,1H3,(H,17,20)/t10-,11-/m1/s1. The van der Waals surface area contributed by atoms with E-state index < -0.39 is 0 Å². The molecule has 2 aliphatic rings. The lowest BCUT2D eigenvalue weighted by molar-refractivity contribution is -0.199. The molecule has 1 aliphatic carbocycles. The molecule has 1 aromatic heterocycles. The zero-order valence-electron chi connectivity index (χ0n) is 12.0. The maximum absolute atomic E-state index is 11.5. The number of ether oxygens (including phenoxy) is 1. The third-order valence-corrected chi connectivity index (χ3v) is 5.29. The lowest BCUT2D eigenvalue weighted by atomic mass is 9.58. The molecule has 3 rings (SSSR count). The lowest BCUT2D eigenvalue weighted by Crippen LogP contribution is -2.62. The molecule has 2 atom stereocenters. The van der Waals surface area contributed by atoms with Gasteiger partial charge in [0.25, 0.3) is 5.56 Å². The Labute approximate surface area is 128 Å². The molecule has 1 aliphatic heterocycles. The number of anilines is 1. The van der Waals surface area contributed by atoms with Crippen LogP contribution in [0.5, 0.6) is 0 Å². The molecule has 1 aromatic rings. The number of aromatic amines is 1. The van der Waals surface area contributed by atoms with Crippen molar-refractivity contribution in [3.63, 3.8) is 0 Å². The molecule has 2 heterocycles. The molecule has 6 nitrogen and oxygen atoms in total. The molecule has 0 amide bonds. The van der Waals surface area contributed by atoms with Crippen molar-refractivity contribution < 1.29 is 9.84 Å². The third-order valence-electron chi connectivity index (χ3n) is 4.92. The summed E-state index contributed by atoms with van der Waals surface area (Å²) in [6, 6.07) is 0. The first kappa shape index (κ1) is 14.8. The van der Waals surface area contributed by atoms with E-state index in [1.807, 2.05) is 6.92 Å². The predicted molar refractivity (Wildman–Crippen MR) is 79.8 cm³/mol. The SMILES string of the molecule is CCO[C@@H]1C[C@@H](O)C12CCN(c1cn[nH]c(=O)c1Cl)CC2. The number of piperidine rings is 1. The molecular formula is C14H20ClN3O3. The van der Waals surface area contributed by atoms with Gasteiger partial charge in [-0.25, -0.2) is 5.10 Å². The highest BCUT2D eigenvalue weighted by atomic mass is 35.5. The van der Waals surface area contributed by atoms with E-state index in [1.54, 1.807) is 6.20 Å². The second kappa shape index (κ2) is 5.59. The zero-order chi connectivity index (χ0) is 15.0. The average Bonchev–Trinajstić information content (AvgIpc) is 2.50. The molecule has 0 aromatic carbocycles. The van der Waals surface area contributed by atoms with Gasteiger partial charge in [0.15, 0.2) is 0 Å². The van der Waals surface area contributed by atoms with E-state index in [0.717, 1.165) is 32.4 Å². The van der Waals surface area contributed by atoms with Crippen LogP contribution in [0.25, 0.3) is 0 Å². The van der Waals surface area contributed by atoms with E-state index in [-0.39, 0.29) is 28.2 Å². The van der Waals surface area contributed by atoms with Gasteiger partial charge < -0.3 is 14.7 Å². The normalized spacial score (nSPS) is 27.7. The fourth-order valence-corrected chi connectivity index (χ4v) is 3.79. The fraction of sp³-hybridized carbons (Fsp3) is 0.714. The molecule has 1 saturated carbocycles. The first-order valence-electron chi connectivity index (χ1n) is 7.36. The van der Waals surface area contributed by atoms with E-state index >= 15 is 0 Å². The van der Waals surface area contributed by atoms with Crippen LogP contribution in [0.15, 0.2) is 11.0 Å². The number of hydrogen-bond donors (Lipinski definition) is 2. The molecule has 0 unspecified atom stereocenters. The van der Waals surface area contributed by atoms with Crippen LogP contribution in [-0.2, 0) is 4.74 Å². The summed E-state index contributed by atoms with van der Waals surface area (Å²) >= 11 is 6.05. The monoisotopic (exact) mass is 313 g/mol. The molecular weight excluding hydrogens is 294 g/mol. The number of aromatic nitrogens is 2. The maximum Gasteiger partial charge on any atom is 0.285 e. The number of rotatable bonds is 3. The third kappa shape index (κ3) is 2.35. The molecule has 116 valence electrons. The van der Waals surface area contributed by atoms with Crippen LogP contribution in [0.2, 0.25) is 5.02 Å². The smallest absolute Gasteiger partial charge is 0.285 e. The second-order valence-corrected chi connectivity index (χ2v) is 6.19. The van der Waals surface area contributed by atoms with Gasteiger partial charge in [0.2, 0.25) is 0 Å². The minimum atomic E-state index is -0.370. The van der Waals surface area contributed by atoms with Crippen molar-refractivity contribution in [2.75, 3.05) is 24.6 Å². The number of nitrogens with one attached hydrogen (secondary N) is 1. The Balaban J connectivity index is 1.73. The molecule has 1 saturated heterocycles. The van der Waals surface area contributed by atoms with Gasteiger partial charge in [0.05, 0.1) is 24.1 Å². The van der Waals surface area contributed by atoms with Gasteiger partial charge in [-0.05, 0) is 19.8 Å². The molecule has 0 radical (unpaired) electrons. The van der Waals surface area contributed by atoms with Gasteiger partial charge in [-0.1, -0.05) is 11.6 Å². The van der Waals surface area contributed by atoms with Crippen LogP contribution in [0.1, 0.15) is 26.2 Å². The van der Waals surface area contributed by atoms with Crippen molar-refractivity contribution >= 4 is 17.3 Å². The topological polar surface area (TPSA) is 78.5 Å². The molecule has 0 bridgehead atoms. The van der Waals surface area contributed by atoms with Crippen LogP contribution < -0.4 is 10.5 Å². The number of hydrogen-bond acceptors (Lipinski definition) is 5. The van der Waals surface area contributed by atoms with E-state index in [9.17, 15) is 9.90 Å². The van der Waals surface area contributed by atoms with E-state index in [0.29, 0.717) is 12.3 Å². The van der Waals surface area contributed by atoms with Gasteiger partial charge in [-0.3, -0.25) is 4.79 Å². The minimum absolute atomic E-state index is 0.131. The van der Waals surface area contributed by atoms with Gasteiger partial charge in [0, 0.05) is 31.5 Å². The molecule has 1 spiro atoms. The minimum Gasteiger partial charge on any atom is -0.392 e. The van der Waals surface area contributed by atoms with Crippen molar-refractivity contribution in [1.29, 1.82) is 0 Å². The Morgan fingerprint density at radius 1 is 1.57 bits per heavy atom. The highest BCUT2D eigenvalue weighted by molar-refractivity contribution is 6.32. The predicted octanol–water partition coefficient (Wildman–Crippen LogP) is 1.18. The van der Waals surface area contributed by atoms with Crippen LogP contribution in [0.3, 0.4) is 0 Å². The first-order valence-corrected chi connectivity index (χ1v) is 7.74. The number of nitrogens with zero attached hydrogens (tertiary/aromatic N) is 2. The van der Waals surface area contributed by atoms with Crippen LogP contribution in [0.4, 0.5) is 5.69 Å². The Morgan fingerprint density at radius 3 is 2.90 bits per heavy atom. The zero-order valence-corrected chi connectivity index (χ0v) is 12.8. The highest BCUT2D eigenvalue weighted by Crippen LogP contribution is 2.51. The fourth-order valence-electron chi connectivity index (χ4n) is 3.58. The van der Waals surface area contributed by atoms with E-state index in [4.69, 9.17) is 16.3 Å². The second-order valence-electron chi connectivity index (χ2n) is 5.81. The number of H-pyrrole nitrogens is 1. The van der Waals surface area contributed by atoms with Gasteiger partial charge in [0.1, 0.15) is 5.02 Å². The summed E-state index contributed by atoms with van der Waals surface area (Å²) in [5.41, 5.74) is 0.163. The molecule has 2 N–H and O–H groups in total. The highest BCUT2D eigenvalue weighted by Gasteiger charge is 2.56. The Bertz CT molecular complexity index is 567. The van der Waals surface area contributed by atoms with E-state index in [2.05, 4.69) is 15.1 Å². The largest absolute Gasteiger partial charge is 0.392 e. The Kier molecular flexibility index (Phi) is 3.94. The summed E-state index contributed by atoms with van der Waals surface area (Å²) in [5, 5.41) is 16.5. The summed E-state index contributed by atoms with van der Waals surface area (Å²) < 4.78 is 5.75. The Hall–Kier alpha value is -1.11. The van der Waals surface area contributed by atoms with Crippen molar-refractivity contribution in [2.45, 2.75) is 38.4 Å². The van der Waals surface area contributed by atoms with Crippen molar-refractivity contribution in [3.8, 4) is 0 Å². The number of aliphatic hydroxyl groups excluding tert-OH is 1. The first-order chi connectivity index (χ1) is 10.1. The lowest BCUT2D eigenvalue weighted by Gasteiger charge is -2.56. The van der Waals surface area contributed by atoms with E-state index in [1.165, 1.54) is 0 Å². The summed E-state index contributed by atoms with van der Waals surface area (Å²) in [6.07, 6.45) is 3.83. The van der Waals surface area contributed by atoms with Gasteiger partial charge in [-0.2, -0.15) is 5.10 Å². The molecule has 2 fully saturated rings. The van der Waals surface area contributed by atoms with Crippen molar-refractivity contribution in [3.05, 3.63) is 21.6 Å². The summed E-state index contributed by atoms with van der Waals surface area (Å²) in [4.78, 5) is 13.6. The summed E-state index contributed by atoms with van der Waals surface area (Å²) in [7, 11) is 0. The molecule has 21 heavy (non-hydrogen) atoms. The van der Waals surface area contributed by atoms with Crippen molar-refractivity contribution in [2.24, 2.45) is 5.41 Å². The summed E-state index contributed by atoms with van der Waals surface area (Å²) in [5.74, 6) is 0. The van der Waals surface area contributed by atoms with Crippen LogP contribution in [0, 0.1) is 5.41 Å². The molecule has 7 heteroatoms. The maximum atomic E-state index is 11.5. The van der Waals surface area contributed by atoms with Crippen LogP contribution in [-0.4, -0.2) is 47.2 Å². The average molecular weight is 314 g/mol. The quantitative estimate of drug-likeness (QED) is 0.876. The number of aliphatic hydroxyl groups is 1. The summed E-state index contributed by atoms with van der Waals surface area (Å²) in [6.45, 7) is 4.14.